The van der Waals surface area contributed by atoms with E-state index in [4.69, 9.17) is 4.99 Å². The van der Waals surface area contributed by atoms with E-state index in [2.05, 4.69) is 28.7 Å². The lowest BCUT2D eigenvalue weighted by Crippen LogP contribution is -2.41. The van der Waals surface area contributed by atoms with Crippen molar-refractivity contribution in [3.8, 4) is 0 Å². The fourth-order valence-corrected chi connectivity index (χ4v) is 3.69. The predicted octanol–water partition coefficient (Wildman–Crippen LogP) is 3.96. The van der Waals surface area contributed by atoms with Crippen LogP contribution in [0.2, 0.25) is 0 Å². The lowest BCUT2D eigenvalue weighted by Gasteiger charge is -2.27. The third kappa shape index (κ3) is 3.71. The van der Waals surface area contributed by atoms with E-state index in [0.717, 1.165) is 11.7 Å². The van der Waals surface area contributed by atoms with E-state index < -0.39 is 0 Å². The van der Waals surface area contributed by atoms with Gasteiger partial charge in [0.05, 0.1) is 11.7 Å². The Labute approximate surface area is 134 Å². The molecule has 0 amide bonds. The van der Waals surface area contributed by atoms with E-state index >= 15 is 0 Å². The highest BCUT2D eigenvalue weighted by atomic mass is 15.3. The molecule has 1 aromatic rings. The minimum absolute atomic E-state index is 0.488. The zero-order chi connectivity index (χ0) is 15.4. The molecule has 1 aromatic heterocycles. The number of nitrogens with one attached hydrogen (secondary N) is 1. The third-order valence-corrected chi connectivity index (χ3v) is 5.30. The average molecular weight is 302 g/mol. The van der Waals surface area contributed by atoms with Crippen LogP contribution in [0.4, 0.5) is 0 Å². The van der Waals surface area contributed by atoms with Crippen molar-refractivity contribution >= 4 is 5.96 Å². The van der Waals surface area contributed by atoms with Gasteiger partial charge >= 0.3 is 0 Å². The Morgan fingerprint density at radius 1 is 1.05 bits per heavy atom. The Hall–Kier alpha value is -1.32. The Bertz CT molecular complexity index is 505. The van der Waals surface area contributed by atoms with Crippen molar-refractivity contribution in [2.45, 2.75) is 90.1 Å². The van der Waals surface area contributed by atoms with Gasteiger partial charge in [0.1, 0.15) is 6.33 Å². The first-order valence-electron chi connectivity index (χ1n) is 9.09. The standard InChI is InChI=1S/C18H30N4/c1-14-15(2)22(13-19-14)18(20-16-9-5-3-6-10-16)21-17-11-7-4-8-12-17/h13,16-17H,3-12H2,1-2H3,(H,20,21). The van der Waals surface area contributed by atoms with Gasteiger partial charge in [-0.15, -0.1) is 0 Å². The summed E-state index contributed by atoms with van der Waals surface area (Å²) in [6, 6.07) is 1.07. The molecule has 0 unspecified atom stereocenters. The van der Waals surface area contributed by atoms with Crippen LogP contribution in [0.3, 0.4) is 0 Å². The Morgan fingerprint density at radius 2 is 1.68 bits per heavy atom. The normalized spacial score (nSPS) is 22.0. The van der Waals surface area contributed by atoms with Crippen molar-refractivity contribution in [2.24, 2.45) is 4.99 Å². The summed E-state index contributed by atoms with van der Waals surface area (Å²) in [6.45, 7) is 4.21. The first-order valence-corrected chi connectivity index (χ1v) is 9.09. The zero-order valence-corrected chi connectivity index (χ0v) is 14.1. The number of imidazole rings is 1. The van der Waals surface area contributed by atoms with E-state index in [1.54, 1.807) is 0 Å². The number of aliphatic imine (C=N–C) groups is 1. The monoisotopic (exact) mass is 302 g/mol. The van der Waals surface area contributed by atoms with Gasteiger partial charge < -0.3 is 5.32 Å². The molecule has 2 aliphatic rings. The molecular weight excluding hydrogens is 272 g/mol. The lowest BCUT2D eigenvalue weighted by atomic mass is 9.95. The van der Waals surface area contributed by atoms with Crippen molar-refractivity contribution in [3.63, 3.8) is 0 Å². The first-order chi connectivity index (χ1) is 10.7. The van der Waals surface area contributed by atoms with E-state index in [1.807, 2.05) is 6.33 Å². The maximum atomic E-state index is 5.10. The summed E-state index contributed by atoms with van der Waals surface area (Å²) < 4.78 is 2.17. The van der Waals surface area contributed by atoms with Gasteiger partial charge in [0.15, 0.2) is 0 Å². The quantitative estimate of drug-likeness (QED) is 0.663. The predicted molar refractivity (Wildman–Crippen MR) is 91.4 cm³/mol. The van der Waals surface area contributed by atoms with Gasteiger partial charge in [-0.1, -0.05) is 38.5 Å². The molecular formula is C18H30N4. The zero-order valence-electron chi connectivity index (χ0n) is 14.1. The second-order valence-electron chi connectivity index (χ2n) is 7.01. The van der Waals surface area contributed by atoms with Crippen LogP contribution >= 0.6 is 0 Å². The lowest BCUT2D eigenvalue weighted by molar-refractivity contribution is 0.405. The van der Waals surface area contributed by atoms with Crippen molar-refractivity contribution in [1.82, 2.24) is 14.9 Å². The number of nitrogens with zero attached hydrogens (tertiary/aromatic N) is 3. The molecule has 0 spiro atoms. The molecule has 2 saturated carbocycles. The van der Waals surface area contributed by atoms with Crippen LogP contribution in [0.25, 0.3) is 0 Å². The molecule has 0 saturated heterocycles. The van der Waals surface area contributed by atoms with Gasteiger partial charge in [-0.3, -0.25) is 4.57 Å². The molecule has 0 aliphatic heterocycles. The molecule has 4 nitrogen and oxygen atoms in total. The molecule has 4 heteroatoms. The summed E-state index contributed by atoms with van der Waals surface area (Å²) in [7, 11) is 0. The Kier molecular flexibility index (Phi) is 5.16. The van der Waals surface area contributed by atoms with Crippen LogP contribution in [0, 0.1) is 13.8 Å². The minimum Gasteiger partial charge on any atom is -0.353 e. The van der Waals surface area contributed by atoms with E-state index in [-0.39, 0.29) is 0 Å². The number of aryl methyl sites for hydroxylation is 1. The van der Waals surface area contributed by atoms with Crippen LogP contribution in [0.5, 0.6) is 0 Å². The fourth-order valence-electron chi connectivity index (χ4n) is 3.69. The maximum Gasteiger partial charge on any atom is 0.204 e. The number of rotatable bonds is 2. The highest BCUT2D eigenvalue weighted by molar-refractivity contribution is 5.83. The molecule has 122 valence electrons. The highest BCUT2D eigenvalue weighted by Crippen LogP contribution is 2.22. The van der Waals surface area contributed by atoms with Crippen molar-refractivity contribution < 1.29 is 0 Å². The van der Waals surface area contributed by atoms with Crippen molar-refractivity contribution in [3.05, 3.63) is 17.7 Å². The van der Waals surface area contributed by atoms with Crippen LogP contribution in [-0.4, -0.2) is 27.6 Å². The first kappa shape index (κ1) is 15.6. The van der Waals surface area contributed by atoms with Crippen molar-refractivity contribution in [1.29, 1.82) is 0 Å². The van der Waals surface area contributed by atoms with E-state index in [0.29, 0.717) is 12.1 Å². The topological polar surface area (TPSA) is 42.2 Å². The summed E-state index contributed by atoms with van der Waals surface area (Å²) >= 11 is 0. The van der Waals surface area contributed by atoms with E-state index in [9.17, 15) is 0 Å². The molecule has 0 atom stereocenters. The fraction of sp³-hybridized carbons (Fsp3) is 0.778. The van der Waals surface area contributed by atoms with Gasteiger partial charge in [-0.2, -0.15) is 0 Å². The van der Waals surface area contributed by atoms with Crippen LogP contribution in [0.1, 0.15) is 75.6 Å². The van der Waals surface area contributed by atoms with E-state index in [1.165, 1.54) is 69.9 Å². The number of hydrogen-bond acceptors (Lipinski definition) is 2. The largest absolute Gasteiger partial charge is 0.353 e. The molecule has 22 heavy (non-hydrogen) atoms. The summed E-state index contributed by atoms with van der Waals surface area (Å²) in [5, 5.41) is 3.75. The number of aromatic nitrogens is 2. The second-order valence-corrected chi connectivity index (χ2v) is 7.01. The SMILES string of the molecule is Cc1ncn(C(=NC2CCCCC2)NC2CCCCC2)c1C. The molecule has 0 bridgehead atoms. The summed E-state index contributed by atoms with van der Waals surface area (Å²) in [5.74, 6) is 1.04. The Balaban J connectivity index is 1.80. The Morgan fingerprint density at radius 3 is 2.27 bits per heavy atom. The molecule has 0 aromatic carbocycles. The maximum absolute atomic E-state index is 5.10. The van der Waals surface area contributed by atoms with Gasteiger partial charge in [-0.25, -0.2) is 9.98 Å². The molecule has 3 rings (SSSR count). The number of hydrogen-bond donors (Lipinski definition) is 1. The molecule has 0 radical (unpaired) electrons. The van der Waals surface area contributed by atoms with Crippen LogP contribution < -0.4 is 5.32 Å². The van der Waals surface area contributed by atoms with Gasteiger partial charge in [0.2, 0.25) is 5.96 Å². The molecule has 1 N–H and O–H groups in total. The summed E-state index contributed by atoms with van der Waals surface area (Å²) in [5.41, 5.74) is 2.31. The van der Waals surface area contributed by atoms with Gasteiger partial charge in [0.25, 0.3) is 0 Å². The van der Waals surface area contributed by atoms with Crippen LogP contribution in [0.15, 0.2) is 11.3 Å². The molecule has 2 fully saturated rings. The summed E-state index contributed by atoms with van der Waals surface area (Å²) in [4.78, 5) is 9.57. The van der Waals surface area contributed by atoms with Gasteiger partial charge in [0, 0.05) is 11.7 Å². The smallest absolute Gasteiger partial charge is 0.204 e. The minimum atomic E-state index is 0.488. The second kappa shape index (κ2) is 7.30. The third-order valence-electron chi connectivity index (χ3n) is 5.30. The summed E-state index contributed by atoms with van der Waals surface area (Å²) in [6.07, 6.45) is 15.1. The van der Waals surface area contributed by atoms with Crippen LogP contribution in [-0.2, 0) is 0 Å². The molecule has 2 aliphatic carbocycles. The van der Waals surface area contributed by atoms with Gasteiger partial charge in [-0.05, 0) is 39.5 Å². The highest BCUT2D eigenvalue weighted by Gasteiger charge is 2.19. The van der Waals surface area contributed by atoms with Crippen molar-refractivity contribution in [2.75, 3.05) is 0 Å². The average Bonchev–Trinajstić information content (AvgIpc) is 2.88. The molecule has 1 heterocycles.